The summed E-state index contributed by atoms with van der Waals surface area (Å²) in [7, 11) is 0. The third-order valence-electron chi connectivity index (χ3n) is 3.01. The second-order valence-electron chi connectivity index (χ2n) is 7.83. The maximum absolute atomic E-state index is 11.9. The van der Waals surface area contributed by atoms with E-state index >= 15 is 0 Å². The van der Waals surface area contributed by atoms with Gasteiger partial charge in [-0.3, -0.25) is 0 Å². The minimum atomic E-state index is -1.01. The lowest BCUT2D eigenvalue weighted by molar-refractivity contribution is -0.143. The number of esters is 1. The molecule has 2 N–H and O–H groups in total. The Morgan fingerprint density at radius 3 is 2.17 bits per heavy atom. The molecule has 2 atom stereocenters. The molecular weight excluding hydrogens is 316 g/mol. The highest BCUT2D eigenvalue weighted by Gasteiger charge is 2.33. The Kier molecular flexibility index (Phi) is 6.59. The van der Waals surface area contributed by atoms with Gasteiger partial charge in [0.2, 0.25) is 0 Å². The van der Waals surface area contributed by atoms with E-state index in [2.05, 4.69) is 15.4 Å². The van der Waals surface area contributed by atoms with Gasteiger partial charge in [0.25, 0.3) is 0 Å². The Morgan fingerprint density at radius 2 is 1.62 bits per heavy atom. The quantitative estimate of drug-likeness (QED) is 0.596. The molecule has 0 unspecified atom stereocenters. The molecule has 1 heterocycles. The average molecular weight is 344 g/mol. The number of hydrogen-bond acceptors (Lipinski definition) is 7. The van der Waals surface area contributed by atoms with E-state index in [0.717, 1.165) is 0 Å². The van der Waals surface area contributed by atoms with E-state index in [1.807, 2.05) is 0 Å². The number of alkyl carbamates (subject to hydrolysis) is 1. The van der Waals surface area contributed by atoms with Gasteiger partial charge in [-0.1, -0.05) is 0 Å². The average Bonchev–Trinajstić information content (AvgIpc) is 2.80. The zero-order valence-corrected chi connectivity index (χ0v) is 15.2. The van der Waals surface area contributed by atoms with Gasteiger partial charge in [-0.15, -0.1) is 0 Å². The highest BCUT2D eigenvalue weighted by molar-refractivity contribution is 5.85. The summed E-state index contributed by atoms with van der Waals surface area (Å²) in [6.07, 6.45) is -1.05. The molecule has 8 nitrogen and oxygen atoms in total. The predicted molar refractivity (Wildman–Crippen MR) is 86.5 cm³/mol. The largest absolute Gasteiger partial charge is 0.516 e. The highest BCUT2D eigenvalue weighted by Crippen LogP contribution is 2.16. The molecule has 0 bridgehead atoms. The minimum Gasteiger partial charge on any atom is -0.444 e. The fraction of sp³-hybridized carbons (Fsp3) is 0.812. The van der Waals surface area contributed by atoms with Crippen LogP contribution in [0.2, 0.25) is 0 Å². The Hall–Kier alpha value is -1.83. The summed E-state index contributed by atoms with van der Waals surface area (Å²) in [5.74, 6) is -0.627. The van der Waals surface area contributed by atoms with Crippen molar-refractivity contribution in [3.8, 4) is 0 Å². The molecular formula is C16H28N2O6. The topological polar surface area (TPSA) is 103 Å². The lowest BCUT2D eigenvalue weighted by Crippen LogP contribution is -2.35. The maximum Gasteiger partial charge on any atom is 0.516 e. The molecule has 1 saturated heterocycles. The molecule has 0 saturated carbocycles. The number of carbonyl (C=O) groups excluding carboxylic acids is 3. The molecule has 0 aromatic carbocycles. The summed E-state index contributed by atoms with van der Waals surface area (Å²) >= 11 is 0. The number of amides is 1. The van der Waals surface area contributed by atoms with Gasteiger partial charge in [0.05, 0.1) is 0 Å². The molecule has 8 heteroatoms. The molecule has 0 radical (unpaired) electrons. The SMILES string of the molecule is CC(C)(C)OC(=O)NC[C@H]1CN[C@H](C(=O)OC(=O)OC(C)(C)C)C1. The first-order valence-corrected chi connectivity index (χ1v) is 8.00. The minimum absolute atomic E-state index is 0.0497. The van der Waals surface area contributed by atoms with E-state index in [1.54, 1.807) is 41.5 Å². The summed E-state index contributed by atoms with van der Waals surface area (Å²) in [4.78, 5) is 35.0. The van der Waals surface area contributed by atoms with Crippen LogP contribution >= 0.6 is 0 Å². The van der Waals surface area contributed by atoms with Gasteiger partial charge in [0.1, 0.15) is 17.2 Å². The fourth-order valence-electron chi connectivity index (χ4n) is 2.11. The molecule has 1 aliphatic heterocycles. The summed E-state index contributed by atoms with van der Waals surface area (Å²) in [6, 6.07) is -0.594. The van der Waals surface area contributed by atoms with E-state index in [4.69, 9.17) is 9.47 Å². The van der Waals surface area contributed by atoms with Gasteiger partial charge >= 0.3 is 18.2 Å². The van der Waals surface area contributed by atoms with E-state index < -0.39 is 35.5 Å². The van der Waals surface area contributed by atoms with Gasteiger partial charge in [0, 0.05) is 13.1 Å². The highest BCUT2D eigenvalue weighted by atomic mass is 16.7. The lowest BCUT2D eigenvalue weighted by Gasteiger charge is -2.20. The Balaban J connectivity index is 2.34. The predicted octanol–water partition coefficient (Wildman–Crippen LogP) is 1.97. The third kappa shape index (κ3) is 8.14. The second kappa shape index (κ2) is 7.83. The van der Waals surface area contributed by atoms with Crippen molar-refractivity contribution in [3.63, 3.8) is 0 Å². The van der Waals surface area contributed by atoms with Gasteiger partial charge in [-0.05, 0) is 53.9 Å². The second-order valence-corrected chi connectivity index (χ2v) is 7.83. The molecule has 0 aliphatic carbocycles. The van der Waals surface area contributed by atoms with Crippen LogP contribution in [0, 0.1) is 5.92 Å². The van der Waals surface area contributed by atoms with E-state index in [1.165, 1.54) is 0 Å². The number of carbonyl (C=O) groups is 3. The Morgan fingerprint density at radius 1 is 1.04 bits per heavy atom. The van der Waals surface area contributed by atoms with Crippen molar-refractivity contribution in [2.75, 3.05) is 13.1 Å². The standard InChI is InChI=1S/C16H28N2O6/c1-15(2,3)23-13(20)18-9-10-7-11(17-8-10)12(19)22-14(21)24-16(4,5)6/h10-11,17H,7-9H2,1-6H3,(H,18,20)/t10-,11+/m1/s1. The van der Waals surface area contributed by atoms with Crippen molar-refractivity contribution in [2.45, 2.75) is 65.2 Å². The van der Waals surface area contributed by atoms with Crippen LogP contribution in [0.3, 0.4) is 0 Å². The van der Waals surface area contributed by atoms with Gasteiger partial charge in [-0.2, -0.15) is 0 Å². The van der Waals surface area contributed by atoms with Crippen molar-refractivity contribution < 1.29 is 28.6 Å². The first-order valence-electron chi connectivity index (χ1n) is 8.00. The Bertz CT molecular complexity index is 478. The smallest absolute Gasteiger partial charge is 0.444 e. The van der Waals surface area contributed by atoms with E-state index in [9.17, 15) is 14.4 Å². The maximum atomic E-state index is 11.9. The summed E-state index contributed by atoms with van der Waals surface area (Å²) in [5, 5.41) is 5.64. The summed E-state index contributed by atoms with van der Waals surface area (Å²) in [6.45, 7) is 11.3. The van der Waals surface area contributed by atoms with Gasteiger partial charge in [0.15, 0.2) is 0 Å². The molecule has 24 heavy (non-hydrogen) atoms. The zero-order chi connectivity index (χ0) is 18.5. The summed E-state index contributed by atoms with van der Waals surface area (Å²) < 4.78 is 14.8. The van der Waals surface area contributed by atoms with Crippen molar-refractivity contribution in [1.82, 2.24) is 10.6 Å². The van der Waals surface area contributed by atoms with Crippen LogP contribution in [0.5, 0.6) is 0 Å². The van der Waals surface area contributed by atoms with Crippen LogP contribution in [0.15, 0.2) is 0 Å². The molecule has 138 valence electrons. The zero-order valence-electron chi connectivity index (χ0n) is 15.2. The molecule has 1 rings (SSSR count). The van der Waals surface area contributed by atoms with Crippen molar-refractivity contribution in [3.05, 3.63) is 0 Å². The third-order valence-corrected chi connectivity index (χ3v) is 3.01. The van der Waals surface area contributed by atoms with Crippen molar-refractivity contribution in [1.29, 1.82) is 0 Å². The fourth-order valence-corrected chi connectivity index (χ4v) is 2.11. The number of hydrogen-bond donors (Lipinski definition) is 2. The van der Waals surface area contributed by atoms with Gasteiger partial charge < -0.3 is 24.8 Å². The van der Waals surface area contributed by atoms with Crippen LogP contribution in [0.4, 0.5) is 9.59 Å². The number of nitrogens with one attached hydrogen (secondary N) is 2. The molecule has 0 aromatic rings. The monoisotopic (exact) mass is 344 g/mol. The van der Waals surface area contributed by atoms with Crippen LogP contribution in [0.25, 0.3) is 0 Å². The number of ether oxygens (including phenoxy) is 3. The van der Waals surface area contributed by atoms with Crippen molar-refractivity contribution in [2.24, 2.45) is 5.92 Å². The van der Waals surface area contributed by atoms with Crippen molar-refractivity contribution >= 4 is 18.2 Å². The molecule has 1 aliphatic rings. The first kappa shape index (κ1) is 20.2. The molecule has 1 amide bonds. The Labute approximate surface area is 142 Å². The van der Waals surface area contributed by atoms with Gasteiger partial charge in [-0.25, -0.2) is 14.4 Å². The molecule has 0 aromatic heterocycles. The normalized spacial score (nSPS) is 21.1. The number of rotatable bonds is 3. The molecule has 0 spiro atoms. The van der Waals surface area contributed by atoms with E-state index in [-0.39, 0.29) is 5.92 Å². The van der Waals surface area contributed by atoms with Crippen LogP contribution in [0.1, 0.15) is 48.0 Å². The van der Waals surface area contributed by atoms with E-state index in [0.29, 0.717) is 19.5 Å². The van der Waals surface area contributed by atoms with Crippen LogP contribution in [-0.4, -0.2) is 48.6 Å². The van der Waals surface area contributed by atoms with Crippen LogP contribution in [-0.2, 0) is 19.0 Å². The molecule has 1 fully saturated rings. The summed E-state index contributed by atoms with van der Waals surface area (Å²) in [5.41, 5.74) is -1.28. The van der Waals surface area contributed by atoms with Crippen LogP contribution < -0.4 is 10.6 Å². The lowest BCUT2D eigenvalue weighted by atomic mass is 10.1. The first-order chi connectivity index (χ1) is 10.9.